The van der Waals surface area contributed by atoms with Crippen LogP contribution in [0.2, 0.25) is 0 Å². The number of anilines is 3. The van der Waals surface area contributed by atoms with Gasteiger partial charge in [0.25, 0.3) is 11.3 Å². The molecule has 1 N–H and O–H groups in total. The van der Waals surface area contributed by atoms with Crippen LogP contribution in [0.3, 0.4) is 0 Å². The van der Waals surface area contributed by atoms with E-state index in [4.69, 9.17) is 0 Å². The first kappa shape index (κ1) is 23.9. The predicted molar refractivity (Wildman–Crippen MR) is 136 cm³/mol. The van der Waals surface area contributed by atoms with Crippen LogP contribution in [0.25, 0.3) is 16.6 Å². The zero-order valence-corrected chi connectivity index (χ0v) is 19.2. The molecule has 8 heteroatoms. The van der Waals surface area contributed by atoms with Crippen molar-refractivity contribution in [3.63, 3.8) is 0 Å². The second-order valence-electron chi connectivity index (χ2n) is 8.23. The van der Waals surface area contributed by atoms with E-state index in [9.17, 15) is 27.9 Å². The predicted octanol–water partition coefficient (Wildman–Crippen LogP) is 6.91. The van der Waals surface area contributed by atoms with E-state index >= 15 is 0 Å². The third-order valence-electron chi connectivity index (χ3n) is 5.92. The number of halogens is 3. The highest BCUT2D eigenvalue weighted by atomic mass is 19.4. The van der Waals surface area contributed by atoms with E-state index in [2.05, 4.69) is 0 Å². The van der Waals surface area contributed by atoms with Gasteiger partial charge in [0.15, 0.2) is 0 Å². The quantitative estimate of drug-likeness (QED) is 0.266. The number of carbonyl (C=O) groups excluding carboxylic acids is 1. The standard InChI is InChI=1S/C29H19F3N2O3/c30-29(31,32)27(36)25-26(35)23-17-16-22(18-24(23)34(28(25)37)21-14-8-3-9-15-21)33(19-10-4-1-5-11-19)20-12-6-2-7-13-20/h1-18,35H. The second kappa shape index (κ2) is 9.31. The van der Waals surface area contributed by atoms with E-state index in [-0.39, 0.29) is 16.6 Å². The maximum absolute atomic E-state index is 13.4. The molecule has 184 valence electrons. The molecule has 5 rings (SSSR count). The van der Waals surface area contributed by atoms with Gasteiger partial charge in [0.2, 0.25) is 0 Å². The number of Topliss-reactive ketones (excluding diaryl/α,β-unsaturated/α-hetero) is 1. The molecule has 1 aromatic heterocycles. The molecule has 0 aliphatic rings. The summed E-state index contributed by atoms with van der Waals surface area (Å²) in [5, 5.41) is 10.7. The molecule has 5 nitrogen and oxygen atoms in total. The zero-order valence-electron chi connectivity index (χ0n) is 19.2. The van der Waals surface area contributed by atoms with Gasteiger partial charge in [-0.15, -0.1) is 0 Å². The van der Waals surface area contributed by atoms with E-state index in [0.717, 1.165) is 15.9 Å². The van der Waals surface area contributed by atoms with E-state index in [1.165, 1.54) is 6.07 Å². The molecule has 5 aromatic rings. The van der Waals surface area contributed by atoms with Crippen LogP contribution in [0.4, 0.5) is 30.2 Å². The summed E-state index contributed by atoms with van der Waals surface area (Å²) >= 11 is 0. The fourth-order valence-corrected chi connectivity index (χ4v) is 4.28. The minimum atomic E-state index is -5.34. The Morgan fingerprint density at radius 2 is 1.24 bits per heavy atom. The average Bonchev–Trinajstić information content (AvgIpc) is 2.90. The smallest absolute Gasteiger partial charge is 0.455 e. The first-order valence-electron chi connectivity index (χ1n) is 11.3. The van der Waals surface area contributed by atoms with Gasteiger partial charge in [-0.25, -0.2) is 0 Å². The molecular weight excluding hydrogens is 481 g/mol. The number of carbonyl (C=O) groups is 1. The van der Waals surface area contributed by atoms with Gasteiger partial charge < -0.3 is 10.0 Å². The number of nitrogens with zero attached hydrogens (tertiary/aromatic N) is 2. The molecule has 0 aliphatic heterocycles. The Morgan fingerprint density at radius 1 is 0.730 bits per heavy atom. The lowest BCUT2D eigenvalue weighted by molar-refractivity contribution is -0.0887. The van der Waals surface area contributed by atoms with Crippen LogP contribution in [-0.2, 0) is 0 Å². The fourth-order valence-electron chi connectivity index (χ4n) is 4.28. The normalized spacial score (nSPS) is 11.4. The maximum atomic E-state index is 13.4. The van der Waals surface area contributed by atoms with Gasteiger partial charge in [-0.3, -0.25) is 14.2 Å². The summed E-state index contributed by atoms with van der Waals surface area (Å²) in [4.78, 5) is 27.5. The Morgan fingerprint density at radius 3 is 1.76 bits per heavy atom. The monoisotopic (exact) mass is 500 g/mol. The van der Waals surface area contributed by atoms with Crippen molar-refractivity contribution in [3.8, 4) is 11.4 Å². The summed E-state index contributed by atoms with van der Waals surface area (Å²) in [6, 6.07) is 31.4. The number of para-hydroxylation sites is 3. The fraction of sp³-hybridized carbons (Fsp3) is 0.0345. The Bertz CT molecular complexity index is 1610. The number of alkyl halides is 3. The molecule has 1 heterocycles. The van der Waals surface area contributed by atoms with Crippen LogP contribution < -0.4 is 10.5 Å². The summed E-state index contributed by atoms with van der Waals surface area (Å²) in [5.41, 5.74) is -0.00682. The molecule has 0 spiro atoms. The van der Waals surface area contributed by atoms with E-state index in [0.29, 0.717) is 5.69 Å². The molecule has 0 amide bonds. The third-order valence-corrected chi connectivity index (χ3v) is 5.92. The molecule has 0 aliphatic carbocycles. The number of benzene rings is 4. The Kier molecular flexibility index (Phi) is 6.01. The van der Waals surface area contributed by atoms with Crippen LogP contribution in [-0.4, -0.2) is 21.6 Å². The summed E-state index contributed by atoms with van der Waals surface area (Å²) in [7, 11) is 0. The Labute approximate surface area is 209 Å². The van der Waals surface area contributed by atoms with Crippen molar-refractivity contribution in [2.75, 3.05) is 4.90 Å². The van der Waals surface area contributed by atoms with Crippen molar-refractivity contribution in [3.05, 3.63) is 125 Å². The van der Waals surface area contributed by atoms with Crippen LogP contribution >= 0.6 is 0 Å². The highest BCUT2D eigenvalue weighted by Gasteiger charge is 2.43. The van der Waals surface area contributed by atoms with Crippen LogP contribution in [0.15, 0.2) is 114 Å². The van der Waals surface area contributed by atoms with Crippen molar-refractivity contribution in [2.24, 2.45) is 0 Å². The van der Waals surface area contributed by atoms with Gasteiger partial charge in [0, 0.05) is 28.1 Å². The summed E-state index contributed by atoms with van der Waals surface area (Å²) in [5.74, 6) is -3.41. The lowest BCUT2D eigenvalue weighted by Crippen LogP contribution is -2.33. The van der Waals surface area contributed by atoms with Crippen molar-refractivity contribution >= 4 is 33.7 Å². The summed E-state index contributed by atoms with van der Waals surface area (Å²) in [6.07, 6.45) is -5.34. The second-order valence-corrected chi connectivity index (χ2v) is 8.23. The summed E-state index contributed by atoms with van der Waals surface area (Å²) in [6.45, 7) is 0. The number of hydrogen-bond donors (Lipinski definition) is 1. The van der Waals surface area contributed by atoms with Gasteiger partial charge in [-0.05, 0) is 54.6 Å². The number of pyridine rings is 1. The minimum absolute atomic E-state index is 0.0686. The molecule has 0 radical (unpaired) electrons. The number of rotatable bonds is 5. The Hall–Kier alpha value is -4.85. The van der Waals surface area contributed by atoms with E-state index in [1.54, 1.807) is 42.5 Å². The van der Waals surface area contributed by atoms with E-state index < -0.39 is 28.8 Å². The van der Waals surface area contributed by atoms with Crippen LogP contribution in [0.5, 0.6) is 5.75 Å². The highest BCUT2D eigenvalue weighted by molar-refractivity contribution is 6.07. The van der Waals surface area contributed by atoms with E-state index in [1.807, 2.05) is 65.6 Å². The van der Waals surface area contributed by atoms with Gasteiger partial charge in [-0.2, -0.15) is 13.2 Å². The van der Waals surface area contributed by atoms with Gasteiger partial charge in [0.05, 0.1) is 5.52 Å². The zero-order chi connectivity index (χ0) is 26.2. The molecule has 0 saturated heterocycles. The lowest BCUT2D eigenvalue weighted by Gasteiger charge is -2.26. The first-order valence-corrected chi connectivity index (χ1v) is 11.3. The van der Waals surface area contributed by atoms with Crippen molar-refractivity contribution in [1.82, 2.24) is 4.57 Å². The molecule has 0 saturated carbocycles. The van der Waals surface area contributed by atoms with Crippen molar-refractivity contribution in [1.29, 1.82) is 0 Å². The van der Waals surface area contributed by atoms with Crippen LogP contribution in [0.1, 0.15) is 10.4 Å². The molecular formula is C29H19F3N2O3. The number of hydrogen-bond acceptors (Lipinski definition) is 4. The average molecular weight is 500 g/mol. The van der Waals surface area contributed by atoms with Crippen molar-refractivity contribution < 1.29 is 23.1 Å². The van der Waals surface area contributed by atoms with Gasteiger partial charge >= 0.3 is 6.18 Å². The largest absolute Gasteiger partial charge is 0.506 e. The molecule has 0 fully saturated rings. The first-order chi connectivity index (χ1) is 17.8. The van der Waals surface area contributed by atoms with Crippen molar-refractivity contribution in [2.45, 2.75) is 6.18 Å². The molecule has 0 bridgehead atoms. The van der Waals surface area contributed by atoms with Gasteiger partial charge in [0.1, 0.15) is 11.3 Å². The number of aromatic nitrogens is 1. The topological polar surface area (TPSA) is 62.5 Å². The highest BCUT2D eigenvalue weighted by Crippen LogP contribution is 2.38. The Balaban J connectivity index is 1.85. The molecule has 0 atom stereocenters. The number of aromatic hydroxyl groups is 1. The lowest BCUT2D eigenvalue weighted by atomic mass is 10.0. The SMILES string of the molecule is O=C(c1c(O)c2ccc(N(c3ccccc3)c3ccccc3)cc2n(-c2ccccc2)c1=O)C(F)(F)F. The number of ketones is 1. The maximum Gasteiger partial charge on any atom is 0.455 e. The number of fused-ring (bicyclic) bond motifs is 1. The van der Waals surface area contributed by atoms with Gasteiger partial charge in [-0.1, -0.05) is 54.6 Å². The minimum Gasteiger partial charge on any atom is -0.506 e. The van der Waals surface area contributed by atoms with Crippen LogP contribution in [0, 0.1) is 0 Å². The molecule has 37 heavy (non-hydrogen) atoms. The summed E-state index contributed by atoms with van der Waals surface area (Å²) < 4.78 is 41.1. The third kappa shape index (κ3) is 4.33. The molecule has 0 unspecified atom stereocenters. The molecule has 4 aromatic carbocycles.